The van der Waals surface area contributed by atoms with Crippen LogP contribution in [0.1, 0.15) is 17.2 Å². The van der Waals surface area contributed by atoms with Crippen LogP contribution in [-0.4, -0.2) is 28.6 Å². The molecule has 1 aromatic heterocycles. The van der Waals surface area contributed by atoms with E-state index in [1.54, 1.807) is 18.3 Å². The average Bonchev–Trinajstić information content (AvgIpc) is 2.39. The lowest BCUT2D eigenvalue weighted by molar-refractivity contribution is 0.124. The first kappa shape index (κ1) is 14.0. The summed E-state index contributed by atoms with van der Waals surface area (Å²) in [6, 6.07) is 11.3. The van der Waals surface area contributed by atoms with Gasteiger partial charge in [0.15, 0.2) is 0 Å². The molecule has 0 bridgehead atoms. The molecule has 0 saturated carbocycles. The number of pyridine rings is 1. The Balaban J connectivity index is 1.93. The number of halogens is 1. The van der Waals surface area contributed by atoms with E-state index in [0.29, 0.717) is 11.6 Å². The Morgan fingerprint density at radius 2 is 2.16 bits per heavy atom. The lowest BCUT2D eigenvalue weighted by Gasteiger charge is -2.20. The Bertz CT molecular complexity index is 519. The minimum Gasteiger partial charge on any atom is -0.387 e. The Morgan fingerprint density at radius 3 is 2.84 bits per heavy atom. The fourth-order valence-electron chi connectivity index (χ4n) is 1.98. The second kappa shape index (κ2) is 6.66. The van der Waals surface area contributed by atoms with Gasteiger partial charge in [-0.05, 0) is 36.4 Å². The van der Waals surface area contributed by atoms with Crippen LogP contribution in [0.25, 0.3) is 0 Å². The predicted molar refractivity (Wildman–Crippen MR) is 77.0 cm³/mol. The van der Waals surface area contributed by atoms with E-state index in [4.69, 9.17) is 11.6 Å². The summed E-state index contributed by atoms with van der Waals surface area (Å²) in [5, 5.41) is 10.8. The number of benzene rings is 1. The maximum Gasteiger partial charge on any atom is 0.0917 e. The molecule has 1 heterocycles. The molecule has 19 heavy (non-hydrogen) atoms. The lowest BCUT2D eigenvalue weighted by atomic mass is 10.1. The first-order valence-electron chi connectivity index (χ1n) is 6.16. The summed E-state index contributed by atoms with van der Waals surface area (Å²) in [6.07, 6.45) is 3.05. The molecule has 0 aliphatic carbocycles. The third-order valence-electron chi connectivity index (χ3n) is 2.89. The highest BCUT2D eigenvalue weighted by molar-refractivity contribution is 6.30. The molecule has 0 spiro atoms. The van der Waals surface area contributed by atoms with E-state index >= 15 is 0 Å². The molecule has 0 aliphatic heterocycles. The van der Waals surface area contributed by atoms with Crippen LogP contribution in [0.2, 0.25) is 5.02 Å². The Hall–Kier alpha value is -1.42. The average molecular weight is 277 g/mol. The largest absolute Gasteiger partial charge is 0.387 e. The van der Waals surface area contributed by atoms with Gasteiger partial charge in [-0.2, -0.15) is 0 Å². The lowest BCUT2D eigenvalue weighted by Crippen LogP contribution is -2.24. The van der Waals surface area contributed by atoms with Crippen LogP contribution in [0.4, 0.5) is 0 Å². The van der Waals surface area contributed by atoms with Gasteiger partial charge in [0, 0.05) is 30.5 Å². The summed E-state index contributed by atoms with van der Waals surface area (Å²) < 4.78 is 0. The molecule has 0 amide bonds. The molecule has 2 aromatic rings. The zero-order valence-corrected chi connectivity index (χ0v) is 11.6. The highest BCUT2D eigenvalue weighted by Gasteiger charge is 2.11. The van der Waals surface area contributed by atoms with Gasteiger partial charge < -0.3 is 5.11 Å². The van der Waals surface area contributed by atoms with Gasteiger partial charge in [0.05, 0.1) is 6.10 Å². The fourth-order valence-corrected chi connectivity index (χ4v) is 2.18. The number of nitrogens with zero attached hydrogens (tertiary/aromatic N) is 2. The molecule has 1 aromatic carbocycles. The summed E-state index contributed by atoms with van der Waals surface area (Å²) >= 11 is 5.92. The van der Waals surface area contributed by atoms with E-state index in [1.807, 2.05) is 37.5 Å². The second-order valence-corrected chi connectivity index (χ2v) is 5.07. The maximum absolute atomic E-state index is 10.2. The number of hydrogen-bond acceptors (Lipinski definition) is 3. The van der Waals surface area contributed by atoms with Gasteiger partial charge in [-0.1, -0.05) is 29.8 Å². The van der Waals surface area contributed by atoms with E-state index in [-0.39, 0.29) is 0 Å². The molecule has 0 fully saturated rings. The van der Waals surface area contributed by atoms with Gasteiger partial charge in [0.1, 0.15) is 0 Å². The van der Waals surface area contributed by atoms with Crippen LogP contribution in [0.5, 0.6) is 0 Å². The van der Waals surface area contributed by atoms with Crippen molar-refractivity contribution in [1.29, 1.82) is 0 Å². The number of likely N-dealkylation sites (N-methyl/N-ethyl adjacent to an activating group) is 1. The third kappa shape index (κ3) is 4.31. The van der Waals surface area contributed by atoms with Crippen molar-refractivity contribution >= 4 is 11.6 Å². The van der Waals surface area contributed by atoms with Gasteiger partial charge in [-0.15, -0.1) is 0 Å². The normalized spacial score (nSPS) is 12.6. The van der Waals surface area contributed by atoms with E-state index in [2.05, 4.69) is 9.88 Å². The van der Waals surface area contributed by atoms with Crippen molar-refractivity contribution in [2.24, 2.45) is 0 Å². The van der Waals surface area contributed by atoms with Crippen LogP contribution in [0, 0.1) is 0 Å². The quantitative estimate of drug-likeness (QED) is 0.912. The van der Waals surface area contributed by atoms with Crippen molar-refractivity contribution in [3.05, 3.63) is 64.9 Å². The van der Waals surface area contributed by atoms with Crippen LogP contribution in [-0.2, 0) is 6.54 Å². The highest BCUT2D eigenvalue weighted by atomic mass is 35.5. The smallest absolute Gasteiger partial charge is 0.0917 e. The summed E-state index contributed by atoms with van der Waals surface area (Å²) in [6.45, 7) is 1.31. The standard InChI is InChI=1S/C15H17ClN2O/c1-18(10-12-4-3-7-17-9-12)11-15(19)13-5-2-6-14(16)8-13/h2-9,15,19H,10-11H2,1H3. The number of aliphatic hydroxyl groups excluding tert-OH is 1. The van der Waals surface area contributed by atoms with E-state index in [9.17, 15) is 5.11 Å². The SMILES string of the molecule is CN(Cc1cccnc1)CC(O)c1cccc(Cl)c1. The Kier molecular flexibility index (Phi) is 4.91. The topological polar surface area (TPSA) is 36.4 Å². The molecule has 0 aliphatic rings. The zero-order chi connectivity index (χ0) is 13.7. The summed E-state index contributed by atoms with van der Waals surface area (Å²) in [5.41, 5.74) is 1.97. The molecule has 1 unspecified atom stereocenters. The zero-order valence-electron chi connectivity index (χ0n) is 10.8. The molecule has 1 atom stereocenters. The van der Waals surface area contributed by atoms with Crippen LogP contribution in [0.15, 0.2) is 48.8 Å². The van der Waals surface area contributed by atoms with Crippen molar-refractivity contribution in [3.8, 4) is 0 Å². The molecule has 4 heteroatoms. The molecule has 0 radical (unpaired) electrons. The maximum atomic E-state index is 10.2. The van der Waals surface area contributed by atoms with Crippen molar-refractivity contribution in [3.63, 3.8) is 0 Å². The monoisotopic (exact) mass is 276 g/mol. The second-order valence-electron chi connectivity index (χ2n) is 4.63. The Morgan fingerprint density at radius 1 is 1.32 bits per heavy atom. The molecule has 0 saturated heterocycles. The first-order valence-corrected chi connectivity index (χ1v) is 6.54. The van der Waals surface area contributed by atoms with Gasteiger partial charge >= 0.3 is 0 Å². The molecule has 1 N–H and O–H groups in total. The summed E-state index contributed by atoms with van der Waals surface area (Å²) in [4.78, 5) is 6.14. The molecular formula is C15H17ClN2O. The van der Waals surface area contributed by atoms with Crippen LogP contribution in [0.3, 0.4) is 0 Å². The van der Waals surface area contributed by atoms with E-state index < -0.39 is 6.10 Å². The highest BCUT2D eigenvalue weighted by Crippen LogP contribution is 2.18. The van der Waals surface area contributed by atoms with Gasteiger partial charge in [-0.25, -0.2) is 0 Å². The fraction of sp³-hybridized carbons (Fsp3) is 0.267. The van der Waals surface area contributed by atoms with Crippen molar-refractivity contribution in [2.45, 2.75) is 12.6 Å². The van der Waals surface area contributed by atoms with Crippen molar-refractivity contribution < 1.29 is 5.11 Å². The summed E-state index contributed by atoms with van der Waals surface area (Å²) in [7, 11) is 1.97. The number of aliphatic hydroxyl groups is 1. The van der Waals surface area contributed by atoms with Crippen molar-refractivity contribution in [2.75, 3.05) is 13.6 Å². The summed E-state index contributed by atoms with van der Waals surface area (Å²) in [5.74, 6) is 0. The third-order valence-corrected chi connectivity index (χ3v) is 3.13. The minimum atomic E-state index is -0.541. The van der Waals surface area contributed by atoms with Crippen LogP contribution >= 0.6 is 11.6 Å². The number of rotatable bonds is 5. The number of aromatic nitrogens is 1. The van der Waals surface area contributed by atoms with E-state index in [1.165, 1.54) is 0 Å². The minimum absolute atomic E-state index is 0.541. The predicted octanol–water partition coefficient (Wildman–Crippen LogP) is 2.90. The molecular weight excluding hydrogens is 260 g/mol. The van der Waals surface area contributed by atoms with Gasteiger partial charge in [-0.3, -0.25) is 9.88 Å². The molecule has 3 nitrogen and oxygen atoms in total. The Labute approximate surface area is 118 Å². The van der Waals surface area contributed by atoms with E-state index in [0.717, 1.165) is 17.7 Å². The van der Waals surface area contributed by atoms with Gasteiger partial charge in [0.2, 0.25) is 0 Å². The first-order chi connectivity index (χ1) is 9.15. The number of hydrogen-bond donors (Lipinski definition) is 1. The molecule has 100 valence electrons. The van der Waals surface area contributed by atoms with Crippen LogP contribution < -0.4 is 0 Å². The molecule has 2 rings (SSSR count). The van der Waals surface area contributed by atoms with Crippen molar-refractivity contribution in [1.82, 2.24) is 9.88 Å². The van der Waals surface area contributed by atoms with Gasteiger partial charge in [0.25, 0.3) is 0 Å².